The third kappa shape index (κ3) is 2.86. The Labute approximate surface area is 151 Å². The van der Waals surface area contributed by atoms with Gasteiger partial charge in [-0.15, -0.1) is 5.10 Å². The van der Waals surface area contributed by atoms with Gasteiger partial charge in [0.1, 0.15) is 11.6 Å². The van der Waals surface area contributed by atoms with Crippen LogP contribution in [0.25, 0.3) is 11.0 Å². The summed E-state index contributed by atoms with van der Waals surface area (Å²) in [5.74, 6) is -1.43. The normalized spacial score (nSPS) is 15.7. The molecule has 1 aromatic carbocycles. The third-order valence-corrected chi connectivity index (χ3v) is 4.80. The molecule has 0 spiro atoms. The monoisotopic (exact) mass is 381 g/mol. The van der Waals surface area contributed by atoms with Crippen molar-refractivity contribution in [2.75, 3.05) is 13.2 Å². The summed E-state index contributed by atoms with van der Waals surface area (Å²) in [7, 11) is 0. The lowest BCUT2D eigenvalue weighted by Crippen LogP contribution is -2.32. The Morgan fingerprint density at radius 2 is 1.88 bits per heavy atom. The van der Waals surface area contributed by atoms with Gasteiger partial charge in [-0.2, -0.15) is 5.10 Å². The minimum atomic E-state index is -0.716. The Bertz CT molecular complexity index is 1010. The molecule has 0 unspecified atom stereocenters. The zero-order valence-electron chi connectivity index (χ0n) is 13.5. The summed E-state index contributed by atoms with van der Waals surface area (Å²) >= 11 is 6.21. The van der Waals surface area contributed by atoms with Gasteiger partial charge in [0.2, 0.25) is 0 Å². The molecule has 0 saturated carbocycles. The number of nitrogens with zero attached hydrogens (tertiary/aromatic N) is 5. The molecule has 0 radical (unpaired) electrons. The highest BCUT2D eigenvalue weighted by atomic mass is 35.5. The van der Waals surface area contributed by atoms with Crippen molar-refractivity contribution >= 4 is 22.6 Å². The van der Waals surface area contributed by atoms with Gasteiger partial charge in [0.05, 0.1) is 12.6 Å². The molecule has 3 heterocycles. The van der Waals surface area contributed by atoms with E-state index in [1.165, 1.54) is 10.7 Å². The van der Waals surface area contributed by atoms with Crippen LogP contribution in [0.3, 0.4) is 0 Å². The van der Waals surface area contributed by atoms with Gasteiger partial charge in [-0.3, -0.25) is 4.79 Å². The van der Waals surface area contributed by atoms with Crippen LogP contribution in [0.5, 0.6) is 0 Å². The molecule has 0 bridgehead atoms. The summed E-state index contributed by atoms with van der Waals surface area (Å²) in [4.78, 5) is 12.7. The second-order valence-electron chi connectivity index (χ2n) is 6.03. The van der Waals surface area contributed by atoms with Gasteiger partial charge in [0.15, 0.2) is 16.2 Å². The van der Waals surface area contributed by atoms with E-state index in [1.807, 2.05) is 0 Å². The first-order chi connectivity index (χ1) is 12.6. The smallest absolute Gasteiger partial charge is 0.298 e. The van der Waals surface area contributed by atoms with Crippen LogP contribution in [0, 0.1) is 11.6 Å². The number of hydrogen-bond donors (Lipinski definition) is 0. The molecule has 0 N–H and O–H groups in total. The highest BCUT2D eigenvalue weighted by Crippen LogP contribution is 2.23. The van der Waals surface area contributed by atoms with Crippen molar-refractivity contribution in [3.8, 4) is 0 Å². The van der Waals surface area contributed by atoms with Gasteiger partial charge < -0.3 is 4.74 Å². The Hall–Kier alpha value is -2.39. The molecule has 1 aliphatic heterocycles. The molecular weight excluding hydrogens is 368 g/mol. The topological polar surface area (TPSA) is 74.8 Å². The minimum absolute atomic E-state index is 0.00591. The number of benzene rings is 1. The second kappa shape index (κ2) is 6.73. The van der Waals surface area contributed by atoms with Gasteiger partial charge in [0, 0.05) is 18.8 Å². The first-order valence-electron chi connectivity index (χ1n) is 8.08. The molecule has 1 fully saturated rings. The fourth-order valence-electron chi connectivity index (χ4n) is 3.01. The van der Waals surface area contributed by atoms with Crippen molar-refractivity contribution < 1.29 is 13.5 Å². The lowest BCUT2D eigenvalue weighted by molar-refractivity contribution is 0.0641. The largest absolute Gasteiger partial charge is 0.381 e. The molecule has 26 heavy (non-hydrogen) atoms. The van der Waals surface area contributed by atoms with Crippen LogP contribution in [-0.2, 0) is 11.3 Å². The standard InChI is InChI=1S/C16H14ClF2N5O2/c17-15-13-14(16(25)24(22-20-13)9-4-6-26-7-5-9)21-23(15)8-10-11(18)2-1-3-12(10)19/h1-3,9H,4-8H2. The summed E-state index contributed by atoms with van der Waals surface area (Å²) in [6.07, 6.45) is 1.30. The molecule has 136 valence electrons. The van der Waals surface area contributed by atoms with E-state index >= 15 is 0 Å². The molecule has 0 amide bonds. The summed E-state index contributed by atoms with van der Waals surface area (Å²) in [5, 5.41) is 12.1. The Morgan fingerprint density at radius 3 is 2.58 bits per heavy atom. The van der Waals surface area contributed by atoms with Crippen molar-refractivity contribution in [1.29, 1.82) is 0 Å². The number of aromatic nitrogens is 5. The number of halogens is 3. The lowest BCUT2D eigenvalue weighted by atomic mass is 10.1. The maximum atomic E-state index is 13.9. The molecule has 0 atom stereocenters. The van der Waals surface area contributed by atoms with Crippen LogP contribution in [0.2, 0.25) is 5.15 Å². The molecule has 10 heteroatoms. The van der Waals surface area contributed by atoms with Gasteiger partial charge in [-0.1, -0.05) is 22.9 Å². The van der Waals surface area contributed by atoms with Gasteiger partial charge in [-0.25, -0.2) is 18.1 Å². The summed E-state index contributed by atoms with van der Waals surface area (Å²) < 4.78 is 35.5. The summed E-state index contributed by atoms with van der Waals surface area (Å²) in [6, 6.07) is 3.44. The summed E-state index contributed by atoms with van der Waals surface area (Å²) in [5.41, 5.74) is -0.499. The van der Waals surface area contributed by atoms with Crippen LogP contribution >= 0.6 is 11.6 Å². The van der Waals surface area contributed by atoms with Crippen molar-refractivity contribution in [1.82, 2.24) is 24.8 Å². The first kappa shape index (κ1) is 17.0. The second-order valence-corrected chi connectivity index (χ2v) is 6.39. The van der Waals surface area contributed by atoms with E-state index in [4.69, 9.17) is 16.3 Å². The van der Waals surface area contributed by atoms with E-state index in [0.717, 1.165) is 16.8 Å². The predicted octanol–water partition coefficient (Wildman–Crippen LogP) is 2.32. The Kier molecular flexibility index (Phi) is 4.41. The van der Waals surface area contributed by atoms with Gasteiger partial charge in [-0.05, 0) is 25.0 Å². The predicted molar refractivity (Wildman–Crippen MR) is 89.1 cm³/mol. The average molecular weight is 382 g/mol. The molecular formula is C16H14ClF2N5O2. The highest BCUT2D eigenvalue weighted by Gasteiger charge is 2.23. The molecule has 3 aromatic rings. The SMILES string of the molecule is O=c1c2nn(Cc3c(F)cccc3F)c(Cl)c2nnn1C1CCOCC1. The summed E-state index contributed by atoms with van der Waals surface area (Å²) in [6.45, 7) is 0.821. The zero-order valence-corrected chi connectivity index (χ0v) is 14.3. The number of ether oxygens (including phenoxy) is 1. The van der Waals surface area contributed by atoms with Crippen molar-refractivity contribution in [2.24, 2.45) is 0 Å². The number of hydrogen-bond acceptors (Lipinski definition) is 5. The maximum absolute atomic E-state index is 13.9. The molecule has 7 nitrogen and oxygen atoms in total. The van der Waals surface area contributed by atoms with Crippen molar-refractivity contribution in [3.05, 3.63) is 50.9 Å². The fourth-order valence-corrected chi connectivity index (χ4v) is 3.24. The third-order valence-electron chi connectivity index (χ3n) is 4.43. The fraction of sp³-hybridized carbons (Fsp3) is 0.375. The Morgan fingerprint density at radius 1 is 1.19 bits per heavy atom. The van der Waals surface area contributed by atoms with Crippen LogP contribution in [0.4, 0.5) is 8.78 Å². The van der Waals surface area contributed by atoms with E-state index in [2.05, 4.69) is 15.4 Å². The van der Waals surface area contributed by atoms with Gasteiger partial charge >= 0.3 is 0 Å². The lowest BCUT2D eigenvalue weighted by Gasteiger charge is -2.21. The zero-order chi connectivity index (χ0) is 18.3. The van der Waals surface area contributed by atoms with Crippen LogP contribution < -0.4 is 5.56 Å². The first-order valence-corrected chi connectivity index (χ1v) is 8.46. The minimum Gasteiger partial charge on any atom is -0.381 e. The molecule has 2 aromatic heterocycles. The van der Waals surface area contributed by atoms with Crippen LogP contribution in [0.1, 0.15) is 24.4 Å². The molecule has 1 saturated heterocycles. The van der Waals surface area contributed by atoms with Crippen LogP contribution in [-0.4, -0.2) is 38.0 Å². The maximum Gasteiger partial charge on any atom is 0.298 e. The average Bonchev–Trinajstić information content (AvgIpc) is 2.96. The molecule has 1 aliphatic rings. The van der Waals surface area contributed by atoms with E-state index in [1.54, 1.807) is 0 Å². The van der Waals surface area contributed by atoms with Crippen molar-refractivity contribution in [3.63, 3.8) is 0 Å². The van der Waals surface area contributed by atoms with Crippen LogP contribution in [0.15, 0.2) is 23.0 Å². The molecule has 4 rings (SSSR count). The quantitative estimate of drug-likeness (QED) is 0.696. The van der Waals surface area contributed by atoms with Gasteiger partial charge in [0.25, 0.3) is 5.56 Å². The van der Waals surface area contributed by atoms with Crippen molar-refractivity contribution in [2.45, 2.75) is 25.4 Å². The van der Waals surface area contributed by atoms with E-state index in [0.29, 0.717) is 26.1 Å². The number of rotatable bonds is 3. The molecule has 0 aliphatic carbocycles. The number of fused-ring (bicyclic) bond motifs is 1. The van der Waals surface area contributed by atoms with E-state index in [-0.39, 0.29) is 34.3 Å². The van der Waals surface area contributed by atoms with E-state index in [9.17, 15) is 13.6 Å². The highest BCUT2D eigenvalue weighted by molar-refractivity contribution is 6.33. The Balaban J connectivity index is 1.77. The van der Waals surface area contributed by atoms with E-state index < -0.39 is 17.2 Å².